The van der Waals surface area contributed by atoms with Crippen molar-refractivity contribution in [1.82, 2.24) is 15.0 Å². The lowest BCUT2D eigenvalue weighted by atomic mass is 9.83. The van der Waals surface area contributed by atoms with Gasteiger partial charge in [0, 0.05) is 38.2 Å². The van der Waals surface area contributed by atoms with Crippen LogP contribution in [0.5, 0.6) is 0 Å². The minimum absolute atomic E-state index is 0.0481. The topological polar surface area (TPSA) is 58.8 Å². The summed E-state index contributed by atoms with van der Waals surface area (Å²) < 4.78 is 11.4. The Labute approximate surface area is 172 Å². The van der Waals surface area contributed by atoms with E-state index in [1.54, 1.807) is 0 Å². The van der Waals surface area contributed by atoms with E-state index in [4.69, 9.17) is 9.26 Å². The zero-order chi connectivity index (χ0) is 20.4. The highest BCUT2D eigenvalue weighted by atomic mass is 16.5. The molecule has 2 aromatic rings. The molecule has 0 N–H and O–H groups in total. The van der Waals surface area contributed by atoms with Gasteiger partial charge in [-0.2, -0.15) is 0 Å². The number of fused-ring (bicyclic) bond motifs is 1. The summed E-state index contributed by atoms with van der Waals surface area (Å²) >= 11 is 0. The number of rotatable bonds is 6. The molecule has 2 aliphatic rings. The van der Waals surface area contributed by atoms with Crippen LogP contribution in [0.4, 0.5) is 0 Å². The van der Waals surface area contributed by atoms with Gasteiger partial charge in [-0.1, -0.05) is 35.5 Å². The summed E-state index contributed by atoms with van der Waals surface area (Å²) in [6, 6.07) is 10.1. The maximum absolute atomic E-state index is 12.7. The lowest BCUT2D eigenvalue weighted by molar-refractivity contribution is -0.133. The highest BCUT2D eigenvalue weighted by molar-refractivity contribution is 5.76. The molecule has 3 atom stereocenters. The van der Waals surface area contributed by atoms with Crippen molar-refractivity contribution >= 4 is 5.91 Å². The van der Waals surface area contributed by atoms with E-state index in [0.717, 1.165) is 49.7 Å². The van der Waals surface area contributed by atoms with Gasteiger partial charge in [0.25, 0.3) is 0 Å². The molecule has 0 unspecified atom stereocenters. The predicted octanol–water partition coefficient (Wildman–Crippen LogP) is 3.18. The lowest BCUT2D eigenvalue weighted by Crippen LogP contribution is -2.42. The van der Waals surface area contributed by atoms with Crippen LogP contribution >= 0.6 is 0 Å². The number of aromatic nitrogens is 1. The Hall–Kier alpha value is -2.18. The molecule has 6 heteroatoms. The average Bonchev–Trinajstić information content (AvgIpc) is 3.26. The molecule has 1 aromatic carbocycles. The molecule has 1 aromatic heterocycles. The van der Waals surface area contributed by atoms with Gasteiger partial charge in [0.15, 0.2) is 0 Å². The number of benzene rings is 1. The van der Waals surface area contributed by atoms with E-state index in [2.05, 4.69) is 22.2 Å². The van der Waals surface area contributed by atoms with Crippen LogP contribution in [0.2, 0.25) is 0 Å². The third-order valence-corrected chi connectivity index (χ3v) is 6.51. The third-order valence-electron chi connectivity index (χ3n) is 6.51. The molecular weight excluding hydrogens is 366 g/mol. The van der Waals surface area contributed by atoms with Gasteiger partial charge in [-0.05, 0) is 38.3 Å². The highest BCUT2D eigenvalue weighted by Crippen LogP contribution is 2.36. The summed E-state index contributed by atoms with van der Waals surface area (Å²) in [6.45, 7) is 8.31. The van der Waals surface area contributed by atoms with Crippen molar-refractivity contribution in [1.29, 1.82) is 0 Å². The van der Waals surface area contributed by atoms with Crippen molar-refractivity contribution in [3.8, 4) is 0 Å². The Morgan fingerprint density at radius 1 is 1.28 bits per heavy atom. The van der Waals surface area contributed by atoms with E-state index in [9.17, 15) is 4.79 Å². The first kappa shape index (κ1) is 20.1. The predicted molar refractivity (Wildman–Crippen MR) is 110 cm³/mol. The molecule has 2 saturated heterocycles. The molecule has 0 radical (unpaired) electrons. The Morgan fingerprint density at radius 3 is 2.79 bits per heavy atom. The van der Waals surface area contributed by atoms with Gasteiger partial charge >= 0.3 is 0 Å². The molecule has 2 fully saturated rings. The van der Waals surface area contributed by atoms with Gasteiger partial charge in [0.05, 0.1) is 24.8 Å². The summed E-state index contributed by atoms with van der Waals surface area (Å²) in [7, 11) is 1.88. The van der Waals surface area contributed by atoms with Crippen LogP contribution in [-0.4, -0.2) is 53.7 Å². The summed E-state index contributed by atoms with van der Waals surface area (Å²) in [4.78, 5) is 17.0. The van der Waals surface area contributed by atoms with Crippen LogP contribution in [0, 0.1) is 25.7 Å². The molecule has 0 spiro atoms. The van der Waals surface area contributed by atoms with Crippen LogP contribution in [0.25, 0.3) is 0 Å². The van der Waals surface area contributed by atoms with Crippen LogP contribution in [0.1, 0.15) is 35.4 Å². The standard InChI is InChI=1S/C23H31N3O3/c1-16-21(17(2)29-24-16)14-26-10-9-20-19(13-26)15-28-22(20)11-23(27)25(3)12-18-7-5-4-6-8-18/h4-8,19-20,22H,9-15H2,1-3H3/t19-,20-,22+/m1/s1. The van der Waals surface area contributed by atoms with Crippen LogP contribution < -0.4 is 0 Å². The van der Waals surface area contributed by atoms with Crippen molar-refractivity contribution in [2.75, 3.05) is 26.7 Å². The summed E-state index contributed by atoms with van der Waals surface area (Å²) in [5, 5.41) is 4.07. The monoisotopic (exact) mass is 397 g/mol. The highest BCUT2D eigenvalue weighted by Gasteiger charge is 2.41. The Kier molecular flexibility index (Phi) is 6.01. The number of amides is 1. The molecule has 156 valence electrons. The van der Waals surface area contributed by atoms with E-state index in [1.807, 2.05) is 44.0 Å². The molecule has 29 heavy (non-hydrogen) atoms. The SMILES string of the molecule is Cc1noc(C)c1CN1CC[C@@H]2[C@@H](CO[C@H]2CC(=O)N(C)Cc2ccccc2)C1. The normalized spacial score (nSPS) is 24.4. The van der Waals surface area contributed by atoms with Crippen molar-refractivity contribution in [3.05, 3.63) is 52.9 Å². The van der Waals surface area contributed by atoms with E-state index in [-0.39, 0.29) is 12.0 Å². The summed E-state index contributed by atoms with van der Waals surface area (Å²) in [5.74, 6) is 2.06. The van der Waals surface area contributed by atoms with Crippen LogP contribution in [0.15, 0.2) is 34.9 Å². The second kappa shape index (κ2) is 8.67. The van der Waals surface area contributed by atoms with Crippen LogP contribution in [0.3, 0.4) is 0 Å². The Bertz CT molecular complexity index is 816. The average molecular weight is 398 g/mol. The first-order valence-electron chi connectivity index (χ1n) is 10.5. The van der Waals surface area contributed by atoms with Crippen molar-refractivity contribution in [2.45, 2.75) is 45.9 Å². The first-order chi connectivity index (χ1) is 14.0. The fourth-order valence-electron chi connectivity index (χ4n) is 4.74. The number of carbonyl (C=O) groups is 1. The number of hydrogen-bond acceptors (Lipinski definition) is 5. The van der Waals surface area contributed by atoms with Crippen LogP contribution in [-0.2, 0) is 22.6 Å². The maximum atomic E-state index is 12.7. The van der Waals surface area contributed by atoms with Gasteiger partial charge in [-0.15, -0.1) is 0 Å². The molecule has 4 rings (SSSR count). The Balaban J connectivity index is 1.29. The molecule has 1 amide bonds. The molecular formula is C23H31N3O3. The van der Waals surface area contributed by atoms with Gasteiger partial charge in [-0.3, -0.25) is 9.69 Å². The number of ether oxygens (including phenoxy) is 1. The fraction of sp³-hybridized carbons (Fsp3) is 0.565. The first-order valence-corrected chi connectivity index (χ1v) is 10.5. The van der Waals surface area contributed by atoms with E-state index < -0.39 is 0 Å². The third kappa shape index (κ3) is 4.54. The van der Waals surface area contributed by atoms with Crippen molar-refractivity contribution < 1.29 is 14.1 Å². The second-order valence-electron chi connectivity index (χ2n) is 8.56. The number of aryl methyl sites for hydroxylation is 2. The Morgan fingerprint density at radius 2 is 2.07 bits per heavy atom. The number of likely N-dealkylation sites (tertiary alicyclic amines) is 1. The van der Waals surface area contributed by atoms with E-state index >= 15 is 0 Å². The molecule has 6 nitrogen and oxygen atoms in total. The lowest BCUT2D eigenvalue weighted by Gasteiger charge is -2.35. The van der Waals surface area contributed by atoms with Crippen molar-refractivity contribution in [2.24, 2.45) is 11.8 Å². The molecule has 0 bridgehead atoms. The molecule has 0 aliphatic carbocycles. The van der Waals surface area contributed by atoms with Gasteiger partial charge in [0.2, 0.25) is 5.91 Å². The van der Waals surface area contributed by atoms with Gasteiger partial charge < -0.3 is 14.2 Å². The van der Waals surface area contributed by atoms with Gasteiger partial charge in [0.1, 0.15) is 5.76 Å². The van der Waals surface area contributed by atoms with E-state index in [1.165, 1.54) is 5.56 Å². The number of piperidine rings is 1. The number of carbonyl (C=O) groups excluding carboxylic acids is 1. The molecule has 2 aliphatic heterocycles. The number of nitrogens with zero attached hydrogens (tertiary/aromatic N) is 3. The number of hydrogen-bond donors (Lipinski definition) is 0. The minimum Gasteiger partial charge on any atom is -0.377 e. The summed E-state index contributed by atoms with van der Waals surface area (Å²) in [6.07, 6.45) is 1.61. The fourth-order valence-corrected chi connectivity index (χ4v) is 4.74. The van der Waals surface area contributed by atoms with E-state index in [0.29, 0.717) is 24.8 Å². The minimum atomic E-state index is 0.0481. The molecule has 0 saturated carbocycles. The molecule has 3 heterocycles. The zero-order valence-electron chi connectivity index (χ0n) is 17.6. The van der Waals surface area contributed by atoms with Crippen molar-refractivity contribution in [3.63, 3.8) is 0 Å². The van der Waals surface area contributed by atoms with Gasteiger partial charge in [-0.25, -0.2) is 0 Å². The zero-order valence-corrected chi connectivity index (χ0v) is 17.6. The maximum Gasteiger partial charge on any atom is 0.225 e. The largest absolute Gasteiger partial charge is 0.377 e. The quantitative estimate of drug-likeness (QED) is 0.749. The summed E-state index contributed by atoms with van der Waals surface area (Å²) in [5.41, 5.74) is 3.34. The smallest absolute Gasteiger partial charge is 0.225 e. The second-order valence-corrected chi connectivity index (χ2v) is 8.56.